The molecule has 20 heavy (non-hydrogen) atoms. The van der Waals surface area contributed by atoms with Gasteiger partial charge in [0.05, 0.1) is 10.7 Å². The van der Waals surface area contributed by atoms with Gasteiger partial charge < -0.3 is 14.8 Å². The third-order valence-electron chi connectivity index (χ3n) is 3.33. The van der Waals surface area contributed by atoms with Crippen LogP contribution in [-0.4, -0.2) is 13.2 Å². The first-order valence-electron chi connectivity index (χ1n) is 6.62. The van der Waals surface area contributed by atoms with E-state index in [2.05, 4.69) is 5.32 Å². The second-order valence-corrected chi connectivity index (χ2v) is 5.13. The van der Waals surface area contributed by atoms with Crippen LogP contribution in [0.1, 0.15) is 11.1 Å². The van der Waals surface area contributed by atoms with Crippen LogP contribution in [0.25, 0.3) is 0 Å². The number of benzene rings is 2. The average Bonchev–Trinajstić information content (AvgIpc) is 2.47. The maximum Gasteiger partial charge on any atom is 0.166 e. The van der Waals surface area contributed by atoms with Crippen LogP contribution in [0, 0.1) is 6.92 Å². The van der Waals surface area contributed by atoms with Crippen molar-refractivity contribution in [3.8, 4) is 11.5 Å². The first-order chi connectivity index (χ1) is 9.75. The molecule has 1 heterocycles. The van der Waals surface area contributed by atoms with Crippen LogP contribution in [0.3, 0.4) is 0 Å². The van der Waals surface area contributed by atoms with Crippen LogP contribution in [0.2, 0.25) is 5.02 Å². The van der Waals surface area contributed by atoms with E-state index >= 15 is 0 Å². The van der Waals surface area contributed by atoms with Crippen molar-refractivity contribution in [1.29, 1.82) is 0 Å². The van der Waals surface area contributed by atoms with Crippen molar-refractivity contribution in [3.05, 3.63) is 52.5 Å². The molecule has 2 aromatic rings. The zero-order chi connectivity index (χ0) is 13.9. The number of nitrogens with one attached hydrogen (secondary N) is 1. The van der Waals surface area contributed by atoms with Crippen LogP contribution in [0.15, 0.2) is 36.4 Å². The van der Waals surface area contributed by atoms with Gasteiger partial charge in [0.2, 0.25) is 0 Å². The van der Waals surface area contributed by atoms with Gasteiger partial charge in [-0.3, -0.25) is 0 Å². The first kappa shape index (κ1) is 13.1. The smallest absolute Gasteiger partial charge is 0.166 e. The molecule has 1 N–H and O–H groups in total. The van der Waals surface area contributed by atoms with E-state index in [9.17, 15) is 0 Å². The predicted octanol–water partition coefficient (Wildman–Crippen LogP) is 4.03. The highest BCUT2D eigenvalue weighted by molar-refractivity contribution is 6.33. The number of fused-ring (bicyclic) bond motifs is 1. The predicted molar refractivity (Wildman–Crippen MR) is 80.9 cm³/mol. The van der Waals surface area contributed by atoms with Gasteiger partial charge in [-0.25, -0.2) is 0 Å². The monoisotopic (exact) mass is 289 g/mol. The minimum absolute atomic E-state index is 0.592. The highest BCUT2D eigenvalue weighted by atomic mass is 35.5. The van der Waals surface area contributed by atoms with Gasteiger partial charge in [0.25, 0.3) is 0 Å². The summed E-state index contributed by atoms with van der Waals surface area (Å²) in [5.74, 6) is 1.64. The molecule has 3 rings (SSSR count). The van der Waals surface area contributed by atoms with Crippen molar-refractivity contribution in [2.75, 3.05) is 18.5 Å². The van der Waals surface area contributed by atoms with Crippen LogP contribution in [-0.2, 0) is 6.54 Å². The van der Waals surface area contributed by atoms with E-state index in [1.54, 1.807) is 0 Å². The lowest BCUT2D eigenvalue weighted by atomic mass is 10.1. The van der Waals surface area contributed by atoms with Crippen molar-refractivity contribution in [1.82, 2.24) is 0 Å². The maximum atomic E-state index is 6.22. The second kappa shape index (κ2) is 5.63. The van der Waals surface area contributed by atoms with Gasteiger partial charge in [0, 0.05) is 12.1 Å². The summed E-state index contributed by atoms with van der Waals surface area (Å²) >= 11 is 6.22. The molecule has 2 aromatic carbocycles. The number of hydrogen-bond acceptors (Lipinski definition) is 3. The fraction of sp³-hybridized carbons (Fsp3) is 0.250. The zero-order valence-electron chi connectivity index (χ0n) is 11.3. The molecule has 0 unspecified atom stereocenters. The second-order valence-electron chi connectivity index (χ2n) is 4.73. The van der Waals surface area contributed by atoms with E-state index in [4.69, 9.17) is 21.1 Å². The van der Waals surface area contributed by atoms with Gasteiger partial charge in [-0.1, -0.05) is 35.9 Å². The third kappa shape index (κ3) is 2.54. The highest BCUT2D eigenvalue weighted by Crippen LogP contribution is 2.34. The number of rotatable bonds is 3. The minimum Gasteiger partial charge on any atom is -0.486 e. The average molecular weight is 290 g/mol. The summed E-state index contributed by atoms with van der Waals surface area (Å²) in [6.45, 7) is 3.88. The van der Waals surface area contributed by atoms with Crippen LogP contribution in [0.5, 0.6) is 11.5 Å². The Labute approximate surface area is 123 Å². The molecule has 104 valence electrons. The SMILES string of the molecule is Cc1cccc(Cl)c1NCc1cccc2c1OCCO2. The lowest BCUT2D eigenvalue weighted by Crippen LogP contribution is -2.17. The lowest BCUT2D eigenvalue weighted by molar-refractivity contribution is 0.170. The molecule has 0 aromatic heterocycles. The Balaban J connectivity index is 1.82. The van der Waals surface area contributed by atoms with E-state index in [1.807, 2.05) is 43.3 Å². The Bertz CT molecular complexity index is 608. The summed E-state index contributed by atoms with van der Waals surface area (Å²) in [6.07, 6.45) is 0. The van der Waals surface area contributed by atoms with Crippen molar-refractivity contribution in [2.45, 2.75) is 13.5 Å². The van der Waals surface area contributed by atoms with E-state index in [-0.39, 0.29) is 0 Å². The third-order valence-corrected chi connectivity index (χ3v) is 3.64. The quantitative estimate of drug-likeness (QED) is 0.925. The van der Waals surface area contributed by atoms with E-state index in [0.717, 1.165) is 33.3 Å². The number of para-hydroxylation sites is 2. The summed E-state index contributed by atoms with van der Waals surface area (Å²) in [5.41, 5.74) is 3.16. The van der Waals surface area contributed by atoms with Gasteiger partial charge in [0.15, 0.2) is 11.5 Å². The molecular weight excluding hydrogens is 274 g/mol. The standard InChI is InChI=1S/C16H16ClNO2/c1-11-4-2-6-13(17)15(11)18-10-12-5-3-7-14-16(12)20-9-8-19-14/h2-7,18H,8-10H2,1H3. The summed E-state index contributed by atoms with van der Waals surface area (Å²) in [5, 5.41) is 4.11. The van der Waals surface area contributed by atoms with Crippen molar-refractivity contribution < 1.29 is 9.47 Å². The van der Waals surface area contributed by atoms with Gasteiger partial charge >= 0.3 is 0 Å². The Morgan fingerprint density at radius 2 is 1.90 bits per heavy atom. The Morgan fingerprint density at radius 1 is 1.10 bits per heavy atom. The molecule has 0 saturated heterocycles. The van der Waals surface area contributed by atoms with Crippen molar-refractivity contribution in [2.24, 2.45) is 0 Å². The fourth-order valence-electron chi connectivity index (χ4n) is 2.31. The van der Waals surface area contributed by atoms with E-state index in [0.29, 0.717) is 19.8 Å². The molecule has 0 fully saturated rings. The van der Waals surface area contributed by atoms with E-state index in [1.165, 1.54) is 0 Å². The van der Waals surface area contributed by atoms with Gasteiger partial charge in [-0.2, -0.15) is 0 Å². The van der Waals surface area contributed by atoms with Gasteiger partial charge in [-0.05, 0) is 24.6 Å². The van der Waals surface area contributed by atoms with Crippen molar-refractivity contribution >= 4 is 17.3 Å². The molecule has 0 amide bonds. The Kier molecular flexibility index (Phi) is 3.70. The molecule has 1 aliphatic heterocycles. The number of halogens is 1. The molecule has 1 aliphatic rings. The minimum atomic E-state index is 0.592. The number of ether oxygens (including phenoxy) is 2. The lowest BCUT2D eigenvalue weighted by Gasteiger charge is -2.21. The first-order valence-corrected chi connectivity index (χ1v) is 7.00. The van der Waals surface area contributed by atoms with Crippen LogP contribution in [0.4, 0.5) is 5.69 Å². The topological polar surface area (TPSA) is 30.5 Å². The Hall–Kier alpha value is -1.87. The molecule has 0 aliphatic carbocycles. The molecule has 0 spiro atoms. The molecule has 0 atom stereocenters. The molecule has 0 bridgehead atoms. The maximum absolute atomic E-state index is 6.22. The number of anilines is 1. The molecular formula is C16H16ClNO2. The van der Waals surface area contributed by atoms with Crippen molar-refractivity contribution in [3.63, 3.8) is 0 Å². The fourth-order valence-corrected chi connectivity index (χ4v) is 2.60. The Morgan fingerprint density at radius 3 is 2.75 bits per heavy atom. The number of hydrogen-bond donors (Lipinski definition) is 1. The summed E-state index contributed by atoms with van der Waals surface area (Å²) < 4.78 is 11.3. The van der Waals surface area contributed by atoms with Crippen LogP contribution < -0.4 is 14.8 Å². The highest BCUT2D eigenvalue weighted by Gasteiger charge is 2.15. The van der Waals surface area contributed by atoms with Gasteiger partial charge in [0.1, 0.15) is 13.2 Å². The normalized spacial score (nSPS) is 13.1. The molecule has 0 saturated carbocycles. The van der Waals surface area contributed by atoms with Crippen LogP contribution >= 0.6 is 11.6 Å². The summed E-state index contributed by atoms with van der Waals surface area (Å²) in [4.78, 5) is 0. The molecule has 3 nitrogen and oxygen atoms in total. The largest absolute Gasteiger partial charge is 0.486 e. The van der Waals surface area contributed by atoms with Gasteiger partial charge in [-0.15, -0.1) is 0 Å². The van der Waals surface area contributed by atoms with E-state index < -0.39 is 0 Å². The number of aryl methyl sites for hydroxylation is 1. The molecule has 0 radical (unpaired) electrons. The molecule has 4 heteroatoms. The summed E-state index contributed by atoms with van der Waals surface area (Å²) in [6, 6.07) is 11.8. The summed E-state index contributed by atoms with van der Waals surface area (Å²) in [7, 11) is 0. The zero-order valence-corrected chi connectivity index (χ0v) is 12.0.